The summed E-state index contributed by atoms with van der Waals surface area (Å²) in [5, 5.41) is 2.88. The number of rotatable bonds is 5. The Morgan fingerprint density at radius 2 is 2.08 bits per heavy atom. The first-order valence-corrected chi connectivity index (χ1v) is 4.96. The van der Waals surface area contributed by atoms with E-state index in [0.29, 0.717) is 11.4 Å². The highest BCUT2D eigenvalue weighted by Gasteiger charge is 2.14. The molecule has 0 aliphatic carbocycles. The molecule has 2 unspecified atom stereocenters. The molecule has 4 heteroatoms. The minimum absolute atomic E-state index is 0.0298. The van der Waals surface area contributed by atoms with Crippen LogP contribution in [0.1, 0.15) is 33.6 Å². The summed E-state index contributed by atoms with van der Waals surface area (Å²) in [4.78, 5) is 11.8. The van der Waals surface area contributed by atoms with Gasteiger partial charge in [-0.1, -0.05) is 26.1 Å². The van der Waals surface area contributed by atoms with Crippen LogP contribution < -0.4 is 11.1 Å². The standard InChI is InChI=1S/C9H18N2OS/c1-4-7(3)11-9(12)6(2)5-8(10)13/h6-7H,4-5H2,1-3H3,(H2,10,13)(H,11,12). The zero-order valence-electron chi connectivity index (χ0n) is 8.46. The quantitative estimate of drug-likeness (QED) is 0.659. The van der Waals surface area contributed by atoms with Gasteiger partial charge in [-0.25, -0.2) is 0 Å². The van der Waals surface area contributed by atoms with Gasteiger partial charge >= 0.3 is 0 Å². The molecule has 0 spiro atoms. The third-order valence-electron chi connectivity index (χ3n) is 1.96. The Bertz CT molecular complexity index is 194. The van der Waals surface area contributed by atoms with Gasteiger partial charge in [0.15, 0.2) is 0 Å². The molecule has 0 fully saturated rings. The fourth-order valence-electron chi connectivity index (χ4n) is 0.882. The van der Waals surface area contributed by atoms with E-state index in [1.54, 1.807) is 0 Å². The molecule has 0 aliphatic heterocycles. The van der Waals surface area contributed by atoms with Crippen LogP contribution >= 0.6 is 12.2 Å². The van der Waals surface area contributed by atoms with Gasteiger partial charge in [-0.2, -0.15) is 0 Å². The molecule has 0 bridgehead atoms. The Morgan fingerprint density at radius 3 is 2.46 bits per heavy atom. The van der Waals surface area contributed by atoms with Gasteiger partial charge in [0, 0.05) is 18.4 Å². The van der Waals surface area contributed by atoms with Crippen molar-refractivity contribution in [1.29, 1.82) is 0 Å². The Morgan fingerprint density at radius 1 is 1.54 bits per heavy atom. The molecule has 0 aliphatic rings. The normalized spacial score (nSPS) is 14.7. The van der Waals surface area contributed by atoms with E-state index in [2.05, 4.69) is 5.32 Å². The summed E-state index contributed by atoms with van der Waals surface area (Å²) in [5.41, 5.74) is 5.35. The largest absolute Gasteiger partial charge is 0.393 e. The predicted octanol–water partition coefficient (Wildman–Crippen LogP) is 1.21. The van der Waals surface area contributed by atoms with Crippen LogP contribution in [0.5, 0.6) is 0 Å². The van der Waals surface area contributed by atoms with E-state index in [1.807, 2.05) is 20.8 Å². The lowest BCUT2D eigenvalue weighted by molar-refractivity contribution is -0.124. The molecule has 0 saturated carbocycles. The van der Waals surface area contributed by atoms with Crippen LogP contribution in [-0.2, 0) is 4.79 Å². The summed E-state index contributed by atoms with van der Waals surface area (Å²) in [6.07, 6.45) is 1.42. The number of hydrogen-bond acceptors (Lipinski definition) is 2. The van der Waals surface area contributed by atoms with Gasteiger partial charge in [-0.15, -0.1) is 0 Å². The van der Waals surface area contributed by atoms with Crippen LogP contribution in [0.25, 0.3) is 0 Å². The van der Waals surface area contributed by atoms with Crippen molar-refractivity contribution in [2.75, 3.05) is 0 Å². The molecule has 0 radical (unpaired) electrons. The molecule has 0 rings (SSSR count). The minimum atomic E-state index is -0.119. The molecule has 0 aromatic carbocycles. The molecule has 0 saturated heterocycles. The lowest BCUT2D eigenvalue weighted by atomic mass is 10.1. The van der Waals surface area contributed by atoms with Crippen molar-refractivity contribution in [1.82, 2.24) is 5.32 Å². The molecule has 0 aromatic rings. The highest BCUT2D eigenvalue weighted by molar-refractivity contribution is 7.80. The van der Waals surface area contributed by atoms with E-state index in [-0.39, 0.29) is 17.9 Å². The summed E-state index contributed by atoms with van der Waals surface area (Å²) in [7, 11) is 0. The molecule has 0 aromatic heterocycles. The highest BCUT2D eigenvalue weighted by Crippen LogP contribution is 2.02. The number of amides is 1. The summed E-state index contributed by atoms with van der Waals surface area (Å²) in [6.45, 7) is 5.84. The smallest absolute Gasteiger partial charge is 0.223 e. The second-order valence-electron chi connectivity index (χ2n) is 3.39. The van der Waals surface area contributed by atoms with Crippen molar-refractivity contribution in [3.8, 4) is 0 Å². The minimum Gasteiger partial charge on any atom is -0.393 e. The third kappa shape index (κ3) is 5.58. The zero-order valence-corrected chi connectivity index (χ0v) is 9.28. The van der Waals surface area contributed by atoms with Gasteiger partial charge in [0.1, 0.15) is 0 Å². The molecule has 1 amide bonds. The van der Waals surface area contributed by atoms with Crippen LogP contribution in [0.3, 0.4) is 0 Å². The van der Waals surface area contributed by atoms with E-state index in [1.165, 1.54) is 0 Å². The second-order valence-corrected chi connectivity index (χ2v) is 3.91. The summed E-state index contributed by atoms with van der Waals surface area (Å²) in [5.74, 6) is -0.0892. The van der Waals surface area contributed by atoms with Gasteiger partial charge in [-0.3, -0.25) is 4.79 Å². The Hall–Kier alpha value is -0.640. The van der Waals surface area contributed by atoms with Gasteiger partial charge in [0.05, 0.1) is 4.99 Å². The Labute approximate surface area is 85.1 Å². The van der Waals surface area contributed by atoms with Crippen molar-refractivity contribution in [3.63, 3.8) is 0 Å². The average molecular weight is 202 g/mol. The fourth-order valence-corrected chi connectivity index (χ4v) is 1.13. The van der Waals surface area contributed by atoms with E-state index in [0.717, 1.165) is 6.42 Å². The van der Waals surface area contributed by atoms with Crippen LogP contribution in [0, 0.1) is 5.92 Å². The summed E-state index contributed by atoms with van der Waals surface area (Å²) < 4.78 is 0. The zero-order chi connectivity index (χ0) is 10.4. The maximum Gasteiger partial charge on any atom is 0.223 e. The van der Waals surface area contributed by atoms with Crippen LogP contribution in [0.2, 0.25) is 0 Å². The van der Waals surface area contributed by atoms with Crippen molar-refractivity contribution in [2.24, 2.45) is 11.7 Å². The van der Waals surface area contributed by atoms with Crippen LogP contribution in [0.15, 0.2) is 0 Å². The predicted molar refractivity (Wildman–Crippen MR) is 58.5 cm³/mol. The van der Waals surface area contributed by atoms with Crippen LogP contribution in [0.4, 0.5) is 0 Å². The molecule has 3 nitrogen and oxygen atoms in total. The Kier molecular flexibility index (Phi) is 5.62. The average Bonchev–Trinajstić information content (AvgIpc) is 2.02. The SMILES string of the molecule is CCC(C)NC(=O)C(C)CC(N)=S. The summed E-state index contributed by atoms with van der Waals surface area (Å²) in [6, 6.07) is 0.223. The van der Waals surface area contributed by atoms with E-state index >= 15 is 0 Å². The molecule has 3 N–H and O–H groups in total. The molecular weight excluding hydrogens is 184 g/mol. The first kappa shape index (κ1) is 12.4. The van der Waals surface area contributed by atoms with Crippen LogP contribution in [-0.4, -0.2) is 16.9 Å². The number of thiocarbonyl (C=S) groups is 1. The first-order valence-electron chi connectivity index (χ1n) is 4.56. The topological polar surface area (TPSA) is 55.1 Å². The van der Waals surface area contributed by atoms with E-state index in [4.69, 9.17) is 18.0 Å². The number of carbonyl (C=O) groups is 1. The van der Waals surface area contributed by atoms with Gasteiger partial charge in [0.2, 0.25) is 5.91 Å². The maximum absolute atomic E-state index is 11.4. The van der Waals surface area contributed by atoms with Gasteiger partial charge in [0.25, 0.3) is 0 Å². The monoisotopic (exact) mass is 202 g/mol. The third-order valence-corrected chi connectivity index (χ3v) is 2.12. The molecule has 2 atom stereocenters. The number of carbonyl (C=O) groups excluding carboxylic acids is 1. The summed E-state index contributed by atoms with van der Waals surface area (Å²) >= 11 is 4.73. The maximum atomic E-state index is 11.4. The van der Waals surface area contributed by atoms with Gasteiger partial charge in [-0.05, 0) is 13.3 Å². The lowest BCUT2D eigenvalue weighted by Crippen LogP contribution is -2.37. The Balaban J connectivity index is 3.89. The van der Waals surface area contributed by atoms with E-state index in [9.17, 15) is 4.79 Å². The van der Waals surface area contributed by atoms with Crippen molar-refractivity contribution in [2.45, 2.75) is 39.7 Å². The van der Waals surface area contributed by atoms with Gasteiger partial charge < -0.3 is 11.1 Å². The van der Waals surface area contributed by atoms with E-state index < -0.39 is 0 Å². The van der Waals surface area contributed by atoms with Crippen molar-refractivity contribution >= 4 is 23.1 Å². The highest BCUT2D eigenvalue weighted by atomic mass is 32.1. The van der Waals surface area contributed by atoms with Crippen molar-refractivity contribution in [3.05, 3.63) is 0 Å². The molecule has 13 heavy (non-hydrogen) atoms. The molecular formula is C9H18N2OS. The van der Waals surface area contributed by atoms with Crippen molar-refractivity contribution < 1.29 is 4.79 Å². The lowest BCUT2D eigenvalue weighted by Gasteiger charge is -2.15. The number of hydrogen-bond donors (Lipinski definition) is 2. The molecule has 0 heterocycles. The number of nitrogens with one attached hydrogen (secondary N) is 1. The molecule has 76 valence electrons. The fraction of sp³-hybridized carbons (Fsp3) is 0.778. The second kappa shape index (κ2) is 5.91. The number of nitrogens with two attached hydrogens (primary N) is 1. The first-order chi connectivity index (χ1) is 5.97.